The molecule has 208 valence electrons. The van der Waals surface area contributed by atoms with E-state index in [-0.39, 0.29) is 6.04 Å². The molecule has 4 aromatic carbocycles. The summed E-state index contributed by atoms with van der Waals surface area (Å²) in [6, 6.07) is 36.3. The molecule has 4 aromatic rings. The van der Waals surface area contributed by atoms with Crippen LogP contribution in [-0.2, 0) is 0 Å². The van der Waals surface area contributed by atoms with Crippen LogP contribution in [0.1, 0.15) is 16.7 Å². The number of rotatable bonds is 5. The molecule has 0 aromatic heterocycles. The van der Waals surface area contributed by atoms with E-state index in [1.807, 2.05) is 24.4 Å². The van der Waals surface area contributed by atoms with E-state index in [0.717, 1.165) is 56.6 Å². The predicted molar refractivity (Wildman–Crippen MR) is 182 cm³/mol. The van der Waals surface area contributed by atoms with E-state index < -0.39 is 0 Å². The van der Waals surface area contributed by atoms with Gasteiger partial charge in [-0.15, -0.1) is 0 Å². The van der Waals surface area contributed by atoms with Crippen molar-refractivity contribution >= 4 is 39.7 Å². The summed E-state index contributed by atoms with van der Waals surface area (Å²) in [7, 11) is 0. The number of allylic oxidation sites excluding steroid dienone is 5. The molecule has 0 spiro atoms. The maximum absolute atomic E-state index is 4.68. The molecule has 0 fully saturated rings. The lowest BCUT2D eigenvalue weighted by Gasteiger charge is -2.31. The third kappa shape index (κ3) is 5.27. The fourth-order valence-electron chi connectivity index (χ4n) is 5.70. The van der Waals surface area contributed by atoms with Crippen LogP contribution in [0, 0.1) is 6.92 Å². The van der Waals surface area contributed by atoms with Gasteiger partial charge in [0.25, 0.3) is 0 Å². The van der Waals surface area contributed by atoms with Crippen LogP contribution in [0.25, 0.3) is 11.3 Å². The van der Waals surface area contributed by atoms with Gasteiger partial charge in [-0.25, -0.2) is 0 Å². The second-order valence-electron chi connectivity index (χ2n) is 10.8. The second-order valence-corrected chi connectivity index (χ2v) is 10.8. The Hall–Kier alpha value is -5.61. The van der Waals surface area contributed by atoms with E-state index in [0.29, 0.717) is 0 Å². The van der Waals surface area contributed by atoms with Crippen molar-refractivity contribution in [1.82, 2.24) is 5.32 Å². The van der Waals surface area contributed by atoms with Crippen molar-refractivity contribution in [2.45, 2.75) is 13.0 Å². The number of para-hydroxylation sites is 2. The van der Waals surface area contributed by atoms with Gasteiger partial charge in [0.1, 0.15) is 0 Å². The summed E-state index contributed by atoms with van der Waals surface area (Å²) < 4.78 is 0. The molecule has 7 rings (SSSR count). The van der Waals surface area contributed by atoms with Crippen molar-refractivity contribution < 1.29 is 0 Å². The van der Waals surface area contributed by atoms with Crippen LogP contribution >= 0.6 is 0 Å². The van der Waals surface area contributed by atoms with Crippen molar-refractivity contribution in [1.29, 1.82) is 0 Å². The maximum atomic E-state index is 4.68. The van der Waals surface area contributed by atoms with Gasteiger partial charge in [0.2, 0.25) is 0 Å². The molecule has 1 N–H and O–H groups in total. The van der Waals surface area contributed by atoms with E-state index in [9.17, 15) is 0 Å². The standard InChI is InChI=1S/C39H32N4/c1-28-17-22-39-35(25-28)29(2)26-34(43(32-11-5-3-6-12-32)33-13-7-4-8-14-33)23-24-42(39)31-20-18-30(19-21-31)38-27-40-36-15-9-10-16-37(36)41-38/h3-27,37,41H,2H2,1H3/b24-23-,34-26+. The van der Waals surface area contributed by atoms with E-state index in [1.54, 1.807) is 0 Å². The first-order chi connectivity index (χ1) is 21.1. The summed E-state index contributed by atoms with van der Waals surface area (Å²) >= 11 is 0. The molecule has 43 heavy (non-hydrogen) atoms. The van der Waals surface area contributed by atoms with Crippen LogP contribution in [0.2, 0.25) is 0 Å². The summed E-state index contributed by atoms with van der Waals surface area (Å²) in [6.45, 7) is 6.68. The molecule has 4 heteroatoms. The molecule has 3 aliphatic rings. The van der Waals surface area contributed by atoms with Crippen LogP contribution in [0.3, 0.4) is 0 Å². The highest BCUT2D eigenvalue weighted by molar-refractivity contribution is 6.04. The first-order valence-corrected chi connectivity index (χ1v) is 14.5. The fraction of sp³-hybridized carbons (Fsp3) is 0.0513. The molecule has 1 atom stereocenters. The number of aliphatic imine (C=N–C) groups is 1. The zero-order valence-corrected chi connectivity index (χ0v) is 24.1. The van der Waals surface area contributed by atoms with Crippen LogP contribution in [0.5, 0.6) is 0 Å². The molecule has 0 saturated heterocycles. The Kier molecular flexibility index (Phi) is 6.94. The molecule has 1 aliphatic carbocycles. The monoisotopic (exact) mass is 556 g/mol. The summed E-state index contributed by atoms with van der Waals surface area (Å²) in [6.07, 6.45) is 16.7. The van der Waals surface area contributed by atoms with Gasteiger partial charge in [-0.05, 0) is 84.8 Å². The molecule has 0 amide bonds. The Morgan fingerprint density at radius 3 is 2.26 bits per heavy atom. The van der Waals surface area contributed by atoms with Crippen molar-refractivity contribution in [3.8, 4) is 0 Å². The predicted octanol–water partition coefficient (Wildman–Crippen LogP) is 9.23. The Balaban J connectivity index is 1.29. The number of nitrogens with zero attached hydrogens (tertiary/aromatic N) is 3. The zero-order valence-electron chi connectivity index (χ0n) is 24.1. The van der Waals surface area contributed by atoms with E-state index in [1.165, 1.54) is 5.56 Å². The Morgan fingerprint density at radius 2 is 1.53 bits per heavy atom. The summed E-state index contributed by atoms with van der Waals surface area (Å²) in [5.74, 6) is 0. The van der Waals surface area contributed by atoms with Gasteiger partial charge in [-0.3, -0.25) is 4.99 Å². The zero-order chi connectivity index (χ0) is 29.2. The van der Waals surface area contributed by atoms with Gasteiger partial charge in [-0.2, -0.15) is 0 Å². The largest absolute Gasteiger partial charge is 0.372 e. The normalized spacial score (nSPS) is 19.0. The quantitative estimate of drug-likeness (QED) is 0.266. The SMILES string of the molecule is C=C1/C=C(N(c2ccccc2)c2ccccc2)\C=C/N(c2ccc(C3=CN=C4C=CC=CC4N3)cc2)c2ccc(C)cc21. The number of benzene rings is 4. The molecule has 2 aliphatic heterocycles. The van der Waals surface area contributed by atoms with E-state index in [4.69, 9.17) is 0 Å². The summed E-state index contributed by atoms with van der Waals surface area (Å²) in [5, 5.41) is 3.61. The van der Waals surface area contributed by atoms with Gasteiger partial charge < -0.3 is 15.1 Å². The Bertz CT molecular complexity index is 1820. The van der Waals surface area contributed by atoms with Crippen molar-refractivity contribution in [3.05, 3.63) is 181 Å². The van der Waals surface area contributed by atoms with Gasteiger partial charge >= 0.3 is 0 Å². The lowest BCUT2D eigenvalue weighted by molar-refractivity contribution is 0.878. The minimum atomic E-state index is 0.102. The number of anilines is 4. The number of aryl methyl sites for hydroxylation is 1. The highest BCUT2D eigenvalue weighted by Crippen LogP contribution is 2.39. The molecular weight excluding hydrogens is 524 g/mol. The molecule has 1 unspecified atom stereocenters. The Morgan fingerprint density at radius 1 is 0.814 bits per heavy atom. The van der Waals surface area contributed by atoms with E-state index in [2.05, 4.69) is 161 Å². The lowest BCUT2D eigenvalue weighted by Crippen LogP contribution is -2.36. The van der Waals surface area contributed by atoms with Gasteiger partial charge in [0, 0.05) is 34.5 Å². The Labute approximate surface area is 253 Å². The second kappa shape index (κ2) is 11.3. The van der Waals surface area contributed by atoms with Crippen molar-refractivity contribution in [2.75, 3.05) is 9.80 Å². The molecule has 2 heterocycles. The minimum absolute atomic E-state index is 0.102. The van der Waals surface area contributed by atoms with Gasteiger partial charge in [-0.1, -0.05) is 85.0 Å². The summed E-state index contributed by atoms with van der Waals surface area (Å²) in [4.78, 5) is 9.20. The topological polar surface area (TPSA) is 30.9 Å². The number of hydrogen-bond acceptors (Lipinski definition) is 4. The van der Waals surface area contributed by atoms with Crippen molar-refractivity contribution in [2.24, 2.45) is 4.99 Å². The van der Waals surface area contributed by atoms with Gasteiger partial charge in [0.05, 0.1) is 29.3 Å². The average molecular weight is 557 g/mol. The number of fused-ring (bicyclic) bond motifs is 2. The van der Waals surface area contributed by atoms with Crippen LogP contribution in [0.15, 0.2) is 169 Å². The minimum Gasteiger partial charge on any atom is -0.372 e. The number of nitrogens with one attached hydrogen (secondary N) is 1. The molecule has 0 radical (unpaired) electrons. The molecule has 4 nitrogen and oxygen atoms in total. The smallest absolute Gasteiger partial charge is 0.0873 e. The van der Waals surface area contributed by atoms with Gasteiger partial charge in [0.15, 0.2) is 0 Å². The molecule has 0 saturated carbocycles. The number of hydrogen-bond donors (Lipinski definition) is 1. The molecule has 0 bridgehead atoms. The van der Waals surface area contributed by atoms with Crippen LogP contribution in [-0.4, -0.2) is 11.8 Å². The first-order valence-electron chi connectivity index (χ1n) is 14.5. The highest BCUT2D eigenvalue weighted by Gasteiger charge is 2.21. The van der Waals surface area contributed by atoms with Crippen LogP contribution < -0.4 is 15.1 Å². The average Bonchev–Trinajstić information content (AvgIpc) is 3.05. The first kappa shape index (κ1) is 26.3. The maximum Gasteiger partial charge on any atom is 0.0873 e. The lowest BCUT2D eigenvalue weighted by atomic mass is 9.98. The van der Waals surface area contributed by atoms with E-state index >= 15 is 0 Å². The highest BCUT2D eigenvalue weighted by atomic mass is 15.2. The molecular formula is C39H32N4. The van der Waals surface area contributed by atoms with Crippen molar-refractivity contribution in [3.63, 3.8) is 0 Å². The third-order valence-electron chi connectivity index (χ3n) is 7.87. The third-order valence-corrected chi connectivity index (χ3v) is 7.87. The van der Waals surface area contributed by atoms with Crippen LogP contribution in [0.4, 0.5) is 22.7 Å². The fourth-order valence-corrected chi connectivity index (χ4v) is 5.70. The summed E-state index contributed by atoms with van der Waals surface area (Å²) in [5.41, 5.74) is 11.7.